The molecule has 0 bridgehead atoms. The Kier molecular flexibility index (Phi) is 4.50. The average Bonchev–Trinajstić information content (AvgIpc) is 2.76. The van der Waals surface area contributed by atoms with Crippen LogP contribution in [0.15, 0.2) is 30.5 Å². The molecule has 2 aromatic rings. The van der Waals surface area contributed by atoms with Gasteiger partial charge in [0.1, 0.15) is 5.01 Å². The number of aromatic nitrogens is 1. The summed E-state index contributed by atoms with van der Waals surface area (Å²) < 4.78 is 0. The third-order valence-electron chi connectivity index (χ3n) is 2.92. The summed E-state index contributed by atoms with van der Waals surface area (Å²) in [6.45, 7) is 8.28. The summed E-state index contributed by atoms with van der Waals surface area (Å²) in [5.41, 5.74) is 2.72. The lowest BCUT2D eigenvalue weighted by Gasteiger charge is -2.07. The van der Waals surface area contributed by atoms with Crippen LogP contribution in [0.4, 0.5) is 0 Å². The highest BCUT2D eigenvalue weighted by atomic mass is 32.1. The molecular formula is C15H20N2S. The van der Waals surface area contributed by atoms with Gasteiger partial charge in [-0.1, -0.05) is 38.1 Å². The predicted molar refractivity (Wildman–Crippen MR) is 77.9 cm³/mol. The van der Waals surface area contributed by atoms with E-state index < -0.39 is 0 Å². The Morgan fingerprint density at radius 1 is 1.17 bits per heavy atom. The van der Waals surface area contributed by atoms with Gasteiger partial charge in [-0.25, -0.2) is 4.98 Å². The van der Waals surface area contributed by atoms with Gasteiger partial charge in [0.05, 0.1) is 0 Å². The second kappa shape index (κ2) is 6.12. The highest BCUT2D eigenvalue weighted by molar-refractivity contribution is 7.11. The Hall–Kier alpha value is -1.19. The van der Waals surface area contributed by atoms with Gasteiger partial charge >= 0.3 is 0 Å². The zero-order valence-corrected chi connectivity index (χ0v) is 12.1. The molecule has 0 spiro atoms. The maximum absolute atomic E-state index is 4.34. The SMILES string of the molecule is Cc1cnc(CNCc2ccc(C(C)C)cc2)s1. The van der Waals surface area contributed by atoms with Gasteiger partial charge in [-0.2, -0.15) is 0 Å². The summed E-state index contributed by atoms with van der Waals surface area (Å²) in [6.07, 6.45) is 1.93. The number of hydrogen-bond donors (Lipinski definition) is 1. The largest absolute Gasteiger partial charge is 0.306 e. The fraction of sp³-hybridized carbons (Fsp3) is 0.400. The predicted octanol–water partition coefficient (Wildman–Crippen LogP) is 3.86. The molecule has 1 aromatic carbocycles. The van der Waals surface area contributed by atoms with Gasteiger partial charge in [-0.3, -0.25) is 0 Å². The Balaban J connectivity index is 1.83. The molecule has 1 N–H and O–H groups in total. The van der Waals surface area contributed by atoms with Gasteiger partial charge in [0.2, 0.25) is 0 Å². The van der Waals surface area contributed by atoms with E-state index in [4.69, 9.17) is 0 Å². The van der Waals surface area contributed by atoms with Gasteiger partial charge in [0.15, 0.2) is 0 Å². The molecule has 0 aliphatic rings. The molecule has 0 fully saturated rings. The van der Waals surface area contributed by atoms with Crippen molar-refractivity contribution in [1.82, 2.24) is 10.3 Å². The van der Waals surface area contributed by atoms with Crippen LogP contribution in [0.3, 0.4) is 0 Å². The fourth-order valence-electron chi connectivity index (χ4n) is 1.82. The molecule has 2 rings (SSSR count). The van der Waals surface area contributed by atoms with E-state index in [1.54, 1.807) is 11.3 Å². The van der Waals surface area contributed by atoms with Crippen molar-refractivity contribution in [3.8, 4) is 0 Å². The van der Waals surface area contributed by atoms with E-state index in [1.807, 2.05) is 6.20 Å². The Labute approximate surface area is 113 Å². The van der Waals surface area contributed by atoms with Gasteiger partial charge < -0.3 is 5.32 Å². The monoisotopic (exact) mass is 260 g/mol. The number of rotatable bonds is 5. The molecule has 0 atom stereocenters. The Morgan fingerprint density at radius 3 is 2.44 bits per heavy atom. The van der Waals surface area contributed by atoms with Crippen molar-refractivity contribution in [2.45, 2.75) is 39.8 Å². The van der Waals surface area contributed by atoms with Crippen LogP contribution in [0.25, 0.3) is 0 Å². The van der Waals surface area contributed by atoms with Crippen molar-refractivity contribution in [3.05, 3.63) is 51.5 Å². The summed E-state index contributed by atoms with van der Waals surface area (Å²) in [6, 6.07) is 8.84. The van der Waals surface area contributed by atoms with Gasteiger partial charge in [-0.15, -0.1) is 11.3 Å². The van der Waals surface area contributed by atoms with Crippen molar-refractivity contribution in [2.75, 3.05) is 0 Å². The number of benzene rings is 1. The molecule has 3 heteroatoms. The first kappa shape index (κ1) is 13.2. The van der Waals surface area contributed by atoms with Crippen molar-refractivity contribution >= 4 is 11.3 Å². The molecule has 0 aliphatic carbocycles. The highest BCUT2D eigenvalue weighted by Crippen LogP contribution is 2.15. The van der Waals surface area contributed by atoms with E-state index in [0.717, 1.165) is 18.1 Å². The first-order chi connectivity index (χ1) is 8.65. The van der Waals surface area contributed by atoms with E-state index in [1.165, 1.54) is 16.0 Å². The third-order valence-corrected chi connectivity index (χ3v) is 3.83. The van der Waals surface area contributed by atoms with Crippen molar-refractivity contribution in [1.29, 1.82) is 0 Å². The molecular weight excluding hydrogens is 240 g/mol. The minimum atomic E-state index is 0.602. The van der Waals surface area contributed by atoms with Crippen LogP contribution >= 0.6 is 11.3 Å². The molecule has 0 saturated carbocycles. The quantitative estimate of drug-likeness (QED) is 0.883. The fourth-order valence-corrected chi connectivity index (χ4v) is 2.57. The third kappa shape index (κ3) is 3.65. The molecule has 96 valence electrons. The lowest BCUT2D eigenvalue weighted by Crippen LogP contribution is -2.12. The lowest BCUT2D eigenvalue weighted by molar-refractivity contribution is 0.689. The zero-order valence-electron chi connectivity index (χ0n) is 11.2. The van der Waals surface area contributed by atoms with Crippen LogP contribution in [-0.4, -0.2) is 4.98 Å². The van der Waals surface area contributed by atoms with Crippen LogP contribution in [0.1, 0.15) is 40.8 Å². The van der Waals surface area contributed by atoms with Crippen molar-refractivity contribution in [2.24, 2.45) is 0 Å². The molecule has 0 saturated heterocycles. The van der Waals surface area contributed by atoms with Gasteiger partial charge in [-0.05, 0) is 24.0 Å². The van der Waals surface area contributed by atoms with Gasteiger partial charge in [0.25, 0.3) is 0 Å². The van der Waals surface area contributed by atoms with Crippen LogP contribution in [0, 0.1) is 6.92 Å². The maximum atomic E-state index is 4.34. The summed E-state index contributed by atoms with van der Waals surface area (Å²) in [7, 11) is 0. The first-order valence-electron chi connectivity index (χ1n) is 6.36. The highest BCUT2D eigenvalue weighted by Gasteiger charge is 2.00. The number of nitrogens with zero attached hydrogens (tertiary/aromatic N) is 1. The zero-order chi connectivity index (χ0) is 13.0. The number of thiazole rings is 1. The number of hydrogen-bond acceptors (Lipinski definition) is 3. The van der Waals surface area contributed by atoms with Crippen LogP contribution in [-0.2, 0) is 13.1 Å². The number of aryl methyl sites for hydroxylation is 1. The van der Waals surface area contributed by atoms with Crippen LogP contribution < -0.4 is 5.32 Å². The summed E-state index contributed by atoms with van der Waals surface area (Å²) in [5, 5.41) is 4.59. The summed E-state index contributed by atoms with van der Waals surface area (Å²) in [5.74, 6) is 0.602. The maximum Gasteiger partial charge on any atom is 0.107 e. The topological polar surface area (TPSA) is 24.9 Å². The lowest BCUT2D eigenvalue weighted by atomic mass is 10.0. The van der Waals surface area contributed by atoms with E-state index in [0.29, 0.717) is 5.92 Å². The van der Waals surface area contributed by atoms with Crippen molar-refractivity contribution < 1.29 is 0 Å². The normalized spacial score (nSPS) is 11.1. The standard InChI is InChI=1S/C15H20N2S/c1-11(2)14-6-4-13(5-7-14)9-16-10-15-17-8-12(3)18-15/h4-8,11,16H,9-10H2,1-3H3. The Bertz CT molecular complexity index is 485. The second-order valence-electron chi connectivity index (χ2n) is 4.86. The number of nitrogens with one attached hydrogen (secondary N) is 1. The summed E-state index contributed by atoms with van der Waals surface area (Å²) >= 11 is 1.76. The molecule has 0 radical (unpaired) electrons. The molecule has 0 aliphatic heterocycles. The van der Waals surface area contributed by atoms with E-state index in [2.05, 4.69) is 55.3 Å². The molecule has 1 heterocycles. The van der Waals surface area contributed by atoms with E-state index >= 15 is 0 Å². The average molecular weight is 260 g/mol. The van der Waals surface area contributed by atoms with E-state index in [-0.39, 0.29) is 0 Å². The van der Waals surface area contributed by atoms with Crippen molar-refractivity contribution in [3.63, 3.8) is 0 Å². The minimum absolute atomic E-state index is 0.602. The molecule has 18 heavy (non-hydrogen) atoms. The van der Waals surface area contributed by atoms with Crippen LogP contribution in [0.5, 0.6) is 0 Å². The molecule has 0 unspecified atom stereocenters. The smallest absolute Gasteiger partial charge is 0.107 e. The van der Waals surface area contributed by atoms with E-state index in [9.17, 15) is 0 Å². The molecule has 1 aromatic heterocycles. The molecule has 0 amide bonds. The Morgan fingerprint density at radius 2 is 1.89 bits per heavy atom. The molecule has 2 nitrogen and oxygen atoms in total. The second-order valence-corrected chi connectivity index (χ2v) is 6.18. The van der Waals surface area contributed by atoms with Gasteiger partial charge in [0, 0.05) is 24.2 Å². The van der Waals surface area contributed by atoms with Crippen LogP contribution in [0.2, 0.25) is 0 Å². The minimum Gasteiger partial charge on any atom is -0.306 e. The first-order valence-corrected chi connectivity index (χ1v) is 7.17. The summed E-state index contributed by atoms with van der Waals surface area (Å²) in [4.78, 5) is 5.61.